The van der Waals surface area contributed by atoms with Crippen LogP contribution in [0.25, 0.3) is 6.08 Å². The molecule has 0 fully saturated rings. The molecule has 0 aromatic heterocycles. The topological polar surface area (TPSA) is 0 Å². The molecule has 0 radical (unpaired) electrons. The SMILES string of the molecule is [Cl-].[Cl-].[Cl-].[Ti+3][C]1(C(c2ccccc2)(c2ccccc2)c2ccccc2)C=Cc2ccccc21. The molecule has 4 aromatic carbocycles. The van der Waals surface area contributed by atoms with E-state index in [4.69, 9.17) is 0 Å². The Bertz CT molecular complexity index is 1060. The van der Waals surface area contributed by atoms with E-state index in [1.54, 1.807) is 0 Å². The molecule has 1 aliphatic rings. The number of hydrogen-bond acceptors (Lipinski definition) is 0. The number of allylic oxidation sites excluding steroid dienone is 1. The van der Waals surface area contributed by atoms with Crippen LogP contribution in [-0.4, -0.2) is 0 Å². The summed E-state index contributed by atoms with van der Waals surface area (Å²) in [4.78, 5) is 0. The maximum absolute atomic E-state index is 2.41. The van der Waals surface area contributed by atoms with E-state index in [1.165, 1.54) is 27.8 Å². The number of hydrogen-bond donors (Lipinski definition) is 0. The van der Waals surface area contributed by atoms with Crippen molar-refractivity contribution in [3.8, 4) is 0 Å². The summed E-state index contributed by atoms with van der Waals surface area (Å²) in [5.74, 6) is 0. The van der Waals surface area contributed by atoms with Crippen molar-refractivity contribution >= 4 is 6.08 Å². The van der Waals surface area contributed by atoms with Gasteiger partial charge in [0.25, 0.3) is 0 Å². The van der Waals surface area contributed by atoms with Gasteiger partial charge < -0.3 is 37.2 Å². The average molecular weight is 512 g/mol. The van der Waals surface area contributed by atoms with Crippen LogP contribution in [0.2, 0.25) is 0 Å². The van der Waals surface area contributed by atoms with Crippen molar-refractivity contribution in [1.29, 1.82) is 0 Å². The Morgan fingerprint density at radius 1 is 0.500 bits per heavy atom. The van der Waals surface area contributed by atoms with Crippen LogP contribution >= 0.6 is 0 Å². The first-order valence-corrected chi connectivity index (χ1v) is 10.8. The molecule has 32 heavy (non-hydrogen) atoms. The van der Waals surface area contributed by atoms with Crippen molar-refractivity contribution < 1.29 is 57.7 Å². The quantitative estimate of drug-likeness (QED) is 0.210. The minimum absolute atomic E-state index is 0. The van der Waals surface area contributed by atoms with E-state index in [1.807, 2.05) is 0 Å². The number of fused-ring (bicyclic) bond motifs is 1. The fourth-order valence-corrected chi connectivity index (χ4v) is 6.04. The zero-order valence-corrected chi connectivity index (χ0v) is 21.1. The van der Waals surface area contributed by atoms with Gasteiger partial charge in [-0.05, 0) is 0 Å². The fraction of sp³-hybridized carbons (Fsp3) is 0.0714. The van der Waals surface area contributed by atoms with Crippen LogP contribution in [0.1, 0.15) is 27.8 Å². The Balaban J connectivity index is 0.00000121. The van der Waals surface area contributed by atoms with Crippen molar-refractivity contribution in [3.05, 3.63) is 149 Å². The zero-order chi connectivity index (χ0) is 19.7. The van der Waals surface area contributed by atoms with Crippen LogP contribution in [0, 0.1) is 0 Å². The van der Waals surface area contributed by atoms with Gasteiger partial charge in [-0.2, -0.15) is 0 Å². The van der Waals surface area contributed by atoms with Gasteiger partial charge >= 0.3 is 185 Å². The van der Waals surface area contributed by atoms with E-state index in [0.29, 0.717) is 0 Å². The van der Waals surface area contributed by atoms with Gasteiger partial charge in [-0.15, -0.1) is 0 Å². The summed E-state index contributed by atoms with van der Waals surface area (Å²) in [5, 5.41) is 0. The maximum atomic E-state index is 2.41. The molecule has 0 N–H and O–H groups in total. The molecular formula is C28H21Cl3Ti. The third-order valence-corrected chi connectivity index (χ3v) is 7.38. The standard InChI is InChI=1S/C28H21.3ClH.Ti/c1-4-13-23(14-5-1)28(24-15-6-2-7-16-24,25-17-8-3-9-18-25)27-21-20-22-12-10-11-19-26(22)27;;;;/h1-21H;3*1H;/q;;;;+3/p-3. The first-order valence-electron chi connectivity index (χ1n) is 9.97. The predicted octanol–water partition coefficient (Wildman–Crippen LogP) is -2.50. The molecule has 0 amide bonds. The van der Waals surface area contributed by atoms with Crippen LogP contribution in [0.5, 0.6) is 0 Å². The van der Waals surface area contributed by atoms with E-state index < -0.39 is 0 Å². The average Bonchev–Trinajstić information content (AvgIpc) is 3.15. The summed E-state index contributed by atoms with van der Waals surface area (Å²) in [7, 11) is 0. The van der Waals surface area contributed by atoms with E-state index in [9.17, 15) is 0 Å². The molecule has 0 bridgehead atoms. The predicted molar refractivity (Wildman–Crippen MR) is 116 cm³/mol. The molecule has 5 rings (SSSR count). The van der Waals surface area contributed by atoms with E-state index in [-0.39, 0.29) is 46.4 Å². The molecule has 0 saturated heterocycles. The third-order valence-electron chi connectivity index (χ3n) is 6.11. The molecule has 0 nitrogen and oxygen atoms in total. The van der Waals surface area contributed by atoms with Crippen molar-refractivity contribution in [2.24, 2.45) is 0 Å². The Morgan fingerprint density at radius 3 is 1.31 bits per heavy atom. The molecule has 0 spiro atoms. The van der Waals surface area contributed by atoms with Gasteiger partial charge in [-0.1, -0.05) is 0 Å². The van der Waals surface area contributed by atoms with E-state index in [0.717, 1.165) is 0 Å². The zero-order valence-electron chi connectivity index (χ0n) is 17.3. The summed E-state index contributed by atoms with van der Waals surface area (Å²) in [6.45, 7) is 0. The van der Waals surface area contributed by atoms with Crippen LogP contribution in [-0.2, 0) is 29.6 Å². The molecule has 158 valence electrons. The molecule has 1 atom stereocenters. The molecule has 0 saturated carbocycles. The summed E-state index contributed by atoms with van der Waals surface area (Å²) in [5.41, 5.74) is 6.25. The van der Waals surface area contributed by atoms with Gasteiger partial charge in [-0.25, -0.2) is 0 Å². The molecule has 4 aromatic rings. The van der Waals surface area contributed by atoms with Crippen molar-refractivity contribution in [2.45, 2.75) is 9.13 Å². The number of benzene rings is 4. The van der Waals surface area contributed by atoms with Crippen LogP contribution in [0.15, 0.2) is 121 Å². The number of halogens is 3. The summed E-state index contributed by atoms with van der Waals surface area (Å²) >= 11 is 2.39. The number of rotatable bonds is 4. The van der Waals surface area contributed by atoms with Gasteiger partial charge in [0.1, 0.15) is 0 Å². The van der Waals surface area contributed by atoms with Crippen molar-refractivity contribution in [1.82, 2.24) is 0 Å². The normalized spacial score (nSPS) is 16.2. The van der Waals surface area contributed by atoms with Crippen LogP contribution in [0.4, 0.5) is 0 Å². The minimum atomic E-state index is -0.347. The summed E-state index contributed by atoms with van der Waals surface area (Å²) in [6.07, 6.45) is 4.70. The molecule has 4 heteroatoms. The second kappa shape index (κ2) is 10.9. The Kier molecular flexibility index (Phi) is 9.00. The van der Waals surface area contributed by atoms with Gasteiger partial charge in [0.15, 0.2) is 0 Å². The van der Waals surface area contributed by atoms with Gasteiger partial charge in [-0.3, -0.25) is 0 Å². The molecule has 0 aliphatic heterocycles. The first kappa shape index (κ1) is 26.5. The van der Waals surface area contributed by atoms with Crippen LogP contribution < -0.4 is 37.2 Å². The summed E-state index contributed by atoms with van der Waals surface area (Å²) in [6, 6.07) is 41.7. The van der Waals surface area contributed by atoms with Gasteiger partial charge in [0, 0.05) is 0 Å². The second-order valence-electron chi connectivity index (χ2n) is 7.58. The Morgan fingerprint density at radius 2 is 0.875 bits per heavy atom. The molecule has 1 aliphatic carbocycles. The molecule has 1 unspecified atom stereocenters. The van der Waals surface area contributed by atoms with E-state index in [2.05, 4.69) is 148 Å². The van der Waals surface area contributed by atoms with Crippen LogP contribution in [0.3, 0.4) is 0 Å². The fourth-order valence-electron chi connectivity index (χ4n) is 4.88. The third kappa shape index (κ3) is 4.00. The summed E-state index contributed by atoms with van der Waals surface area (Å²) < 4.78 is -0.229. The van der Waals surface area contributed by atoms with Crippen molar-refractivity contribution in [3.63, 3.8) is 0 Å². The van der Waals surface area contributed by atoms with Crippen molar-refractivity contribution in [2.75, 3.05) is 0 Å². The Labute approximate surface area is 220 Å². The van der Waals surface area contributed by atoms with Gasteiger partial charge in [0.2, 0.25) is 0 Å². The second-order valence-corrected chi connectivity index (χ2v) is 8.81. The monoisotopic (exact) mass is 510 g/mol. The Hall–Kier alpha value is -1.80. The first-order chi connectivity index (χ1) is 14.3. The molecule has 0 heterocycles. The molecular weight excluding hydrogens is 491 g/mol. The van der Waals surface area contributed by atoms with Gasteiger partial charge in [0.05, 0.1) is 0 Å². The van der Waals surface area contributed by atoms with E-state index >= 15 is 0 Å².